The highest BCUT2D eigenvalue weighted by molar-refractivity contribution is 8.77. The maximum Gasteiger partial charge on any atom is 0.303 e. The van der Waals surface area contributed by atoms with Crippen LogP contribution in [0.4, 0.5) is 0 Å². The van der Waals surface area contributed by atoms with Gasteiger partial charge in [0.2, 0.25) is 0 Å². The Morgan fingerprint density at radius 2 is 2.00 bits per heavy atom. The van der Waals surface area contributed by atoms with Crippen molar-refractivity contribution in [3.8, 4) is 11.5 Å². The Morgan fingerprint density at radius 3 is 2.57 bits per heavy atom. The fraction of sp³-hybridized carbons (Fsp3) is 0.562. The summed E-state index contributed by atoms with van der Waals surface area (Å²) in [6, 6.07) is 4.50. The van der Waals surface area contributed by atoms with Gasteiger partial charge in [-0.1, -0.05) is 34.1 Å². The zero-order chi connectivity index (χ0) is 17.1. The standard InChI is InChI=1S/C8H10O3.C8H14O2S2/c9-4-3-6-1-2-7(10)8(11)5-6;9-8(10)4-2-1-3-7-5-6-11-12-7/h1-2,5,9-11H,3-4H2;7H,1-6H2,(H,9,10). The third-order valence-corrected chi connectivity index (χ3v) is 6.34. The molecule has 0 aromatic heterocycles. The van der Waals surface area contributed by atoms with E-state index in [0.717, 1.165) is 23.7 Å². The first-order chi connectivity index (χ1) is 11.0. The fourth-order valence-corrected chi connectivity index (χ4v) is 5.09. The van der Waals surface area contributed by atoms with Crippen molar-refractivity contribution in [2.45, 2.75) is 43.8 Å². The molecule has 0 aliphatic carbocycles. The second-order valence-corrected chi connectivity index (χ2v) is 8.05. The molecule has 1 saturated heterocycles. The number of aliphatic carboxylic acids is 1. The van der Waals surface area contributed by atoms with Crippen molar-refractivity contribution in [1.82, 2.24) is 0 Å². The number of hydrogen-bond donors (Lipinski definition) is 4. The van der Waals surface area contributed by atoms with Gasteiger partial charge in [0.05, 0.1) is 0 Å². The molecule has 0 amide bonds. The number of carboxylic acid groups (broad SMARTS) is 1. The Kier molecular flexibility index (Phi) is 9.98. The highest BCUT2D eigenvalue weighted by Gasteiger charge is 2.15. The van der Waals surface area contributed by atoms with E-state index in [0.29, 0.717) is 12.8 Å². The number of phenols is 2. The summed E-state index contributed by atoms with van der Waals surface area (Å²) < 4.78 is 0. The Hall–Kier alpha value is -1.05. The summed E-state index contributed by atoms with van der Waals surface area (Å²) in [5.41, 5.74) is 0.808. The number of carbonyl (C=O) groups is 1. The molecule has 0 bridgehead atoms. The highest BCUT2D eigenvalue weighted by Crippen LogP contribution is 2.39. The quantitative estimate of drug-likeness (QED) is 0.336. The molecule has 2 rings (SSSR count). The number of rotatable bonds is 7. The van der Waals surface area contributed by atoms with Crippen molar-refractivity contribution in [3.63, 3.8) is 0 Å². The van der Waals surface area contributed by atoms with Gasteiger partial charge in [-0.05, 0) is 43.4 Å². The van der Waals surface area contributed by atoms with E-state index < -0.39 is 5.97 Å². The molecule has 0 spiro atoms. The molecule has 1 fully saturated rings. The zero-order valence-corrected chi connectivity index (χ0v) is 14.6. The van der Waals surface area contributed by atoms with E-state index >= 15 is 0 Å². The maximum atomic E-state index is 10.2. The van der Waals surface area contributed by atoms with Gasteiger partial charge in [-0.3, -0.25) is 4.79 Å². The number of benzene rings is 1. The summed E-state index contributed by atoms with van der Waals surface area (Å²) in [4.78, 5) is 10.2. The molecule has 23 heavy (non-hydrogen) atoms. The lowest BCUT2D eigenvalue weighted by Gasteiger charge is -2.04. The van der Waals surface area contributed by atoms with Crippen LogP contribution in [0.25, 0.3) is 0 Å². The number of carboxylic acids is 1. The molecule has 1 aromatic carbocycles. The van der Waals surface area contributed by atoms with Crippen LogP contribution in [0.1, 0.15) is 37.7 Å². The van der Waals surface area contributed by atoms with Crippen molar-refractivity contribution in [2.24, 2.45) is 0 Å². The van der Waals surface area contributed by atoms with Gasteiger partial charge in [-0.15, -0.1) is 0 Å². The maximum absolute atomic E-state index is 10.2. The van der Waals surface area contributed by atoms with Crippen molar-refractivity contribution in [3.05, 3.63) is 23.8 Å². The second kappa shape index (κ2) is 11.5. The second-order valence-electron chi connectivity index (χ2n) is 5.27. The molecule has 1 aromatic rings. The van der Waals surface area contributed by atoms with Gasteiger partial charge in [0.25, 0.3) is 0 Å². The van der Waals surface area contributed by atoms with E-state index in [-0.39, 0.29) is 18.1 Å². The topological polar surface area (TPSA) is 98.0 Å². The van der Waals surface area contributed by atoms with Crippen molar-refractivity contribution in [2.75, 3.05) is 12.4 Å². The van der Waals surface area contributed by atoms with Gasteiger partial charge < -0.3 is 20.4 Å². The third-order valence-electron chi connectivity index (χ3n) is 3.33. The summed E-state index contributed by atoms with van der Waals surface area (Å²) in [6.07, 6.45) is 5.26. The number of unbranched alkanes of at least 4 members (excludes halogenated alkanes) is 1. The van der Waals surface area contributed by atoms with Gasteiger partial charge in [-0.25, -0.2) is 0 Å². The number of phenolic OH excluding ortho intramolecular Hbond substituents is 2. The Balaban J connectivity index is 0.000000231. The lowest BCUT2D eigenvalue weighted by atomic mass is 10.1. The summed E-state index contributed by atoms with van der Waals surface area (Å²) in [5.74, 6) is 0.333. The van der Waals surface area contributed by atoms with Crippen LogP contribution >= 0.6 is 21.6 Å². The highest BCUT2D eigenvalue weighted by atomic mass is 33.1. The molecule has 1 heterocycles. The van der Waals surface area contributed by atoms with Crippen LogP contribution in [0.15, 0.2) is 18.2 Å². The van der Waals surface area contributed by atoms with Crippen molar-refractivity contribution >= 4 is 27.6 Å². The van der Waals surface area contributed by atoms with E-state index in [1.54, 1.807) is 6.07 Å². The minimum Gasteiger partial charge on any atom is -0.504 e. The normalized spacial score (nSPS) is 16.7. The number of aliphatic hydroxyl groups is 1. The van der Waals surface area contributed by atoms with E-state index in [2.05, 4.69) is 0 Å². The van der Waals surface area contributed by atoms with E-state index in [1.807, 2.05) is 21.6 Å². The number of aliphatic hydroxyl groups excluding tert-OH is 1. The van der Waals surface area contributed by atoms with Gasteiger partial charge in [0.1, 0.15) is 0 Å². The van der Waals surface area contributed by atoms with E-state index in [1.165, 1.54) is 30.7 Å². The molecule has 0 radical (unpaired) electrons. The molecule has 0 saturated carbocycles. The van der Waals surface area contributed by atoms with Crippen LogP contribution in [0.5, 0.6) is 11.5 Å². The molecule has 4 N–H and O–H groups in total. The van der Waals surface area contributed by atoms with Crippen LogP contribution in [0, 0.1) is 0 Å². The lowest BCUT2D eigenvalue weighted by molar-refractivity contribution is -0.137. The molecule has 1 aliphatic heterocycles. The minimum atomic E-state index is -0.663. The van der Waals surface area contributed by atoms with Crippen LogP contribution < -0.4 is 0 Å². The summed E-state index contributed by atoms with van der Waals surface area (Å²) in [7, 11) is 3.92. The van der Waals surface area contributed by atoms with Crippen LogP contribution in [-0.4, -0.2) is 44.0 Å². The molecular formula is C16H24O5S2. The summed E-state index contributed by atoms with van der Waals surface area (Å²) in [6.45, 7) is 0.0458. The first-order valence-corrected chi connectivity index (χ1v) is 10.0. The van der Waals surface area contributed by atoms with Gasteiger partial charge in [-0.2, -0.15) is 0 Å². The summed E-state index contributed by atoms with van der Waals surface area (Å²) >= 11 is 0. The lowest BCUT2D eigenvalue weighted by Crippen LogP contribution is -1.99. The number of aromatic hydroxyl groups is 2. The Labute approximate surface area is 144 Å². The molecule has 1 aliphatic rings. The van der Waals surface area contributed by atoms with E-state index in [9.17, 15) is 4.79 Å². The van der Waals surface area contributed by atoms with Crippen molar-refractivity contribution < 1.29 is 25.2 Å². The predicted octanol–water partition coefficient (Wildman–Crippen LogP) is 3.42. The van der Waals surface area contributed by atoms with Crippen molar-refractivity contribution in [1.29, 1.82) is 0 Å². The molecular weight excluding hydrogens is 336 g/mol. The van der Waals surface area contributed by atoms with Gasteiger partial charge >= 0.3 is 5.97 Å². The molecule has 1 atom stereocenters. The SMILES string of the molecule is O=C(O)CCCCC1CCSS1.OCCc1ccc(O)c(O)c1. The van der Waals surface area contributed by atoms with Crippen LogP contribution in [-0.2, 0) is 11.2 Å². The molecule has 7 heteroatoms. The average Bonchev–Trinajstić information content (AvgIpc) is 3.02. The fourth-order valence-electron chi connectivity index (χ4n) is 2.07. The first-order valence-electron chi connectivity index (χ1n) is 7.64. The molecule has 5 nitrogen and oxygen atoms in total. The smallest absolute Gasteiger partial charge is 0.303 e. The third kappa shape index (κ3) is 8.98. The van der Waals surface area contributed by atoms with E-state index in [4.69, 9.17) is 20.4 Å². The molecule has 130 valence electrons. The zero-order valence-electron chi connectivity index (χ0n) is 13.0. The predicted molar refractivity (Wildman–Crippen MR) is 95.1 cm³/mol. The largest absolute Gasteiger partial charge is 0.504 e. The molecule has 1 unspecified atom stereocenters. The number of hydrogen-bond acceptors (Lipinski definition) is 6. The van der Waals surface area contributed by atoms with Crippen LogP contribution in [0.3, 0.4) is 0 Å². The van der Waals surface area contributed by atoms with Gasteiger partial charge in [0.15, 0.2) is 11.5 Å². The Morgan fingerprint density at radius 1 is 1.22 bits per heavy atom. The van der Waals surface area contributed by atoms with Gasteiger partial charge in [0, 0.05) is 24.0 Å². The average molecular weight is 360 g/mol. The Bertz CT molecular complexity index is 476. The van der Waals surface area contributed by atoms with Crippen LogP contribution in [0.2, 0.25) is 0 Å². The summed E-state index contributed by atoms with van der Waals surface area (Å²) in [5, 5.41) is 35.6. The first kappa shape index (κ1) is 20.0. The minimum absolute atomic E-state index is 0.0458. The monoisotopic (exact) mass is 360 g/mol.